The first kappa shape index (κ1) is 37.8. The van der Waals surface area contributed by atoms with Gasteiger partial charge < -0.3 is 9.05 Å². The molecule has 8 heteroatoms. The monoisotopic (exact) mass is 734 g/mol. The molecule has 4 aromatic heterocycles. The van der Waals surface area contributed by atoms with Gasteiger partial charge in [0.05, 0.1) is 0 Å². The molecule has 0 fully saturated rings. The molecular weight excluding hydrogens is 678 g/mol. The van der Waals surface area contributed by atoms with E-state index in [0.29, 0.717) is 0 Å². The third-order valence-electron chi connectivity index (χ3n) is 9.31. The molecule has 0 unspecified atom stereocenters. The third kappa shape index (κ3) is 7.99. The lowest BCUT2D eigenvalue weighted by atomic mass is 9.75. The Labute approximate surface area is 314 Å². The standard InChI is InChI=1S/C44H56N4O2P2/c1-41(2,3)33-29-35(39(37(31-33)43(7,8)9)49-51(45-21-13-14-22-45)46-23-15-16-24-46)36-30-34(42(4,5)6)32-38(44(10,11)12)40(36)50-52(47-25-17-18-26-47)48-27-19-20-28-48/h13-32H,1-12H3. The topological polar surface area (TPSA) is 38.2 Å². The van der Waals surface area contributed by atoms with Crippen molar-refractivity contribution in [2.24, 2.45) is 0 Å². The summed E-state index contributed by atoms with van der Waals surface area (Å²) in [5, 5.41) is 0. The van der Waals surface area contributed by atoms with Crippen molar-refractivity contribution in [3.63, 3.8) is 0 Å². The highest BCUT2D eigenvalue weighted by atomic mass is 31.2. The van der Waals surface area contributed by atoms with E-state index >= 15 is 0 Å². The third-order valence-corrected chi connectivity index (χ3v) is 12.6. The van der Waals surface area contributed by atoms with Gasteiger partial charge >= 0.3 is 16.9 Å². The summed E-state index contributed by atoms with van der Waals surface area (Å²) in [6, 6.07) is 26.0. The van der Waals surface area contributed by atoms with Crippen molar-refractivity contribution >= 4 is 16.9 Å². The number of rotatable bonds is 9. The fourth-order valence-electron chi connectivity index (χ4n) is 6.18. The molecule has 0 aliphatic heterocycles. The number of benzene rings is 2. The first-order chi connectivity index (χ1) is 24.3. The highest BCUT2D eigenvalue weighted by molar-refractivity contribution is 7.50. The van der Waals surface area contributed by atoms with Crippen molar-refractivity contribution in [2.75, 3.05) is 0 Å². The van der Waals surface area contributed by atoms with Gasteiger partial charge in [0, 0.05) is 71.8 Å². The number of nitrogens with zero attached hydrogens (tertiary/aromatic N) is 4. The molecule has 0 bridgehead atoms. The Kier molecular flexibility index (Phi) is 10.2. The van der Waals surface area contributed by atoms with Crippen LogP contribution >= 0.6 is 16.9 Å². The molecule has 52 heavy (non-hydrogen) atoms. The van der Waals surface area contributed by atoms with Crippen molar-refractivity contribution in [1.29, 1.82) is 0 Å². The highest BCUT2D eigenvalue weighted by Crippen LogP contribution is 2.55. The predicted octanol–water partition coefficient (Wildman–Crippen LogP) is 13.2. The van der Waals surface area contributed by atoms with Crippen LogP contribution in [0.25, 0.3) is 11.1 Å². The Morgan fingerprint density at radius 3 is 0.827 bits per heavy atom. The van der Waals surface area contributed by atoms with Gasteiger partial charge in [0.2, 0.25) is 0 Å². The summed E-state index contributed by atoms with van der Waals surface area (Å²) in [7, 11) is -2.64. The van der Waals surface area contributed by atoms with Gasteiger partial charge in [0.15, 0.2) is 0 Å². The molecule has 2 aromatic carbocycles. The molecule has 0 aliphatic rings. The van der Waals surface area contributed by atoms with Crippen molar-refractivity contribution in [3.05, 3.63) is 145 Å². The largest absolute Gasteiger partial charge is 0.435 e. The molecule has 6 aromatic rings. The van der Waals surface area contributed by atoms with Crippen LogP contribution in [-0.4, -0.2) is 17.4 Å². The van der Waals surface area contributed by atoms with E-state index in [1.165, 1.54) is 22.3 Å². The summed E-state index contributed by atoms with van der Waals surface area (Å²) in [4.78, 5) is 0. The lowest BCUT2D eigenvalue weighted by molar-refractivity contribution is 0.515. The normalized spacial score (nSPS) is 13.0. The molecule has 0 spiro atoms. The molecule has 0 atom stereocenters. The van der Waals surface area contributed by atoms with Crippen molar-refractivity contribution in [2.45, 2.75) is 105 Å². The Morgan fingerprint density at radius 1 is 0.365 bits per heavy atom. The molecule has 6 nitrogen and oxygen atoms in total. The highest BCUT2D eigenvalue weighted by Gasteiger charge is 2.34. The molecule has 0 saturated heterocycles. The van der Waals surface area contributed by atoms with Crippen LogP contribution in [0.15, 0.2) is 122 Å². The Hall–Kier alpha value is -3.98. The van der Waals surface area contributed by atoms with E-state index in [-0.39, 0.29) is 21.7 Å². The summed E-state index contributed by atoms with van der Waals surface area (Å²) >= 11 is 0. The van der Waals surface area contributed by atoms with Crippen LogP contribution in [0, 0.1) is 0 Å². The van der Waals surface area contributed by atoms with Crippen LogP contribution in [0.4, 0.5) is 0 Å². The van der Waals surface area contributed by atoms with Crippen LogP contribution in [-0.2, 0) is 21.7 Å². The number of hydrogen-bond acceptors (Lipinski definition) is 2. The fourth-order valence-corrected chi connectivity index (χ4v) is 9.29. The first-order valence-electron chi connectivity index (χ1n) is 18.2. The Bertz CT molecular complexity index is 1850. The smallest absolute Gasteiger partial charge is 0.317 e. The number of aromatic nitrogens is 4. The van der Waals surface area contributed by atoms with E-state index < -0.39 is 16.9 Å². The second-order valence-electron chi connectivity index (χ2n) is 17.7. The second-order valence-corrected chi connectivity index (χ2v) is 21.0. The molecule has 6 rings (SSSR count). The molecule has 4 heterocycles. The lowest BCUT2D eigenvalue weighted by Crippen LogP contribution is -2.20. The molecule has 0 aliphatic carbocycles. The molecule has 0 radical (unpaired) electrons. The average molecular weight is 735 g/mol. The maximum atomic E-state index is 7.50. The summed E-state index contributed by atoms with van der Waals surface area (Å²) < 4.78 is 23.7. The lowest BCUT2D eigenvalue weighted by Gasteiger charge is -2.34. The van der Waals surface area contributed by atoms with Crippen LogP contribution in [0.1, 0.15) is 105 Å². The summed E-state index contributed by atoms with van der Waals surface area (Å²) in [6.45, 7) is 27.5. The van der Waals surface area contributed by atoms with E-state index in [1.54, 1.807) is 0 Å². The van der Waals surface area contributed by atoms with E-state index in [0.717, 1.165) is 22.6 Å². The van der Waals surface area contributed by atoms with Crippen LogP contribution in [0.5, 0.6) is 11.5 Å². The molecular formula is C44H56N4O2P2. The van der Waals surface area contributed by atoms with Crippen molar-refractivity contribution in [1.82, 2.24) is 17.4 Å². The van der Waals surface area contributed by atoms with E-state index in [9.17, 15) is 0 Å². The maximum Gasteiger partial charge on any atom is 0.317 e. The molecule has 0 saturated carbocycles. The van der Waals surface area contributed by atoms with E-state index in [2.05, 4.69) is 223 Å². The molecule has 0 amide bonds. The molecule has 274 valence electrons. The quantitative estimate of drug-likeness (QED) is 0.139. The Morgan fingerprint density at radius 2 is 0.615 bits per heavy atom. The van der Waals surface area contributed by atoms with Gasteiger partial charge in [-0.3, -0.25) is 17.4 Å². The number of hydrogen-bond donors (Lipinski definition) is 0. The van der Waals surface area contributed by atoms with Gasteiger partial charge in [-0.2, -0.15) is 0 Å². The zero-order valence-electron chi connectivity index (χ0n) is 33.0. The fraction of sp³-hybridized carbons (Fsp3) is 0.364. The van der Waals surface area contributed by atoms with Crippen molar-refractivity contribution < 1.29 is 9.05 Å². The van der Waals surface area contributed by atoms with Gasteiger partial charge in [-0.05, 0) is 93.5 Å². The zero-order chi connectivity index (χ0) is 37.6. The van der Waals surface area contributed by atoms with E-state index in [4.69, 9.17) is 9.05 Å². The van der Waals surface area contributed by atoms with Crippen molar-refractivity contribution in [3.8, 4) is 22.6 Å². The summed E-state index contributed by atoms with van der Waals surface area (Å²) in [5.41, 5.74) is 6.28. The minimum absolute atomic E-state index is 0.114. The minimum atomic E-state index is -1.32. The maximum absolute atomic E-state index is 7.50. The predicted molar refractivity (Wildman–Crippen MR) is 221 cm³/mol. The Balaban J connectivity index is 1.74. The van der Waals surface area contributed by atoms with Gasteiger partial charge in [0.1, 0.15) is 11.5 Å². The summed E-state index contributed by atoms with van der Waals surface area (Å²) in [5.74, 6) is 1.77. The minimum Gasteiger partial charge on any atom is -0.435 e. The van der Waals surface area contributed by atoms with Crippen LogP contribution in [0.3, 0.4) is 0 Å². The second kappa shape index (κ2) is 14.1. The van der Waals surface area contributed by atoms with Gasteiger partial charge in [-0.1, -0.05) is 95.2 Å². The zero-order valence-corrected chi connectivity index (χ0v) is 34.8. The van der Waals surface area contributed by atoms with Crippen LogP contribution < -0.4 is 9.05 Å². The van der Waals surface area contributed by atoms with Gasteiger partial charge in [0.25, 0.3) is 0 Å². The average Bonchev–Trinajstić information content (AvgIpc) is 3.89. The SMILES string of the molecule is CC(C)(C)c1cc(-c2cc(C(C)(C)C)cc(C(C)(C)C)c2OP(n2cccc2)n2cccc2)c(OP(n2cccc2)n2cccc2)c(C(C)(C)C)c1. The summed E-state index contributed by atoms with van der Waals surface area (Å²) in [6.07, 6.45) is 16.8. The molecule has 0 N–H and O–H groups in total. The first-order valence-corrected chi connectivity index (χ1v) is 20.5. The van der Waals surface area contributed by atoms with Crippen LogP contribution in [0.2, 0.25) is 0 Å². The van der Waals surface area contributed by atoms with E-state index in [1.807, 2.05) is 0 Å². The van der Waals surface area contributed by atoms with Gasteiger partial charge in [-0.15, -0.1) is 0 Å². The van der Waals surface area contributed by atoms with Gasteiger partial charge in [-0.25, -0.2) is 0 Å².